The number of aldehydes is 1. The predicted molar refractivity (Wildman–Crippen MR) is 57.3 cm³/mol. The lowest BCUT2D eigenvalue weighted by molar-refractivity contribution is 0.112. The fourth-order valence-electron chi connectivity index (χ4n) is 1.03. The van der Waals surface area contributed by atoms with Crippen LogP contribution in [0.5, 0.6) is 0 Å². The molecule has 0 aliphatic carbocycles. The van der Waals surface area contributed by atoms with Crippen molar-refractivity contribution in [2.45, 2.75) is 6.92 Å². The molecule has 0 atom stereocenters. The maximum atomic E-state index is 10.7. The Morgan fingerprint density at radius 3 is 2.92 bits per heavy atom. The van der Waals surface area contributed by atoms with Gasteiger partial charge in [0.05, 0.1) is 5.75 Å². The van der Waals surface area contributed by atoms with E-state index >= 15 is 0 Å². The summed E-state index contributed by atoms with van der Waals surface area (Å²) in [5.41, 5.74) is 2.49. The van der Waals surface area contributed by atoms with E-state index in [0.29, 0.717) is 11.3 Å². The first-order valence-corrected chi connectivity index (χ1v) is 4.56. The van der Waals surface area contributed by atoms with Crippen molar-refractivity contribution in [3.8, 4) is 11.8 Å². The molecule has 1 aromatic rings. The fourth-order valence-corrected chi connectivity index (χ4v) is 1.11. The number of rotatable bonds is 1. The minimum absolute atomic E-state index is 0.506. The van der Waals surface area contributed by atoms with Crippen molar-refractivity contribution < 1.29 is 4.79 Å². The van der Waals surface area contributed by atoms with E-state index in [0.717, 1.165) is 17.4 Å². The van der Waals surface area contributed by atoms with Gasteiger partial charge in [-0.2, -0.15) is 12.6 Å². The lowest BCUT2D eigenvalue weighted by Gasteiger charge is -1.97. The van der Waals surface area contributed by atoms with Crippen LogP contribution in [0.3, 0.4) is 0 Å². The van der Waals surface area contributed by atoms with Crippen molar-refractivity contribution in [2.24, 2.45) is 0 Å². The molecule has 1 aromatic carbocycles. The molecular weight excluding hydrogens is 180 g/mol. The Morgan fingerprint density at radius 2 is 2.31 bits per heavy atom. The van der Waals surface area contributed by atoms with Gasteiger partial charge in [-0.15, -0.1) is 0 Å². The van der Waals surface area contributed by atoms with E-state index in [9.17, 15) is 4.79 Å². The van der Waals surface area contributed by atoms with Crippen LogP contribution in [-0.4, -0.2) is 12.0 Å². The van der Waals surface area contributed by atoms with Crippen molar-refractivity contribution in [3.05, 3.63) is 34.9 Å². The van der Waals surface area contributed by atoms with Crippen molar-refractivity contribution in [1.29, 1.82) is 0 Å². The zero-order valence-corrected chi connectivity index (χ0v) is 8.27. The first kappa shape index (κ1) is 9.88. The molecule has 1 rings (SSSR count). The Balaban J connectivity index is 3.13. The van der Waals surface area contributed by atoms with Gasteiger partial charge in [0, 0.05) is 11.1 Å². The quantitative estimate of drug-likeness (QED) is 0.407. The normalized spacial score (nSPS) is 8.77. The second-order valence-corrected chi connectivity index (χ2v) is 2.98. The van der Waals surface area contributed by atoms with E-state index in [4.69, 9.17) is 0 Å². The van der Waals surface area contributed by atoms with Crippen LogP contribution in [0.1, 0.15) is 21.5 Å². The van der Waals surface area contributed by atoms with Crippen LogP contribution in [0.2, 0.25) is 0 Å². The fraction of sp³-hybridized carbons (Fsp3) is 0.182. The van der Waals surface area contributed by atoms with Crippen LogP contribution in [-0.2, 0) is 0 Å². The molecule has 0 saturated heterocycles. The summed E-state index contributed by atoms with van der Waals surface area (Å²) in [5.74, 6) is 6.20. The third kappa shape index (κ3) is 2.64. The molecule has 0 heterocycles. The van der Waals surface area contributed by atoms with Gasteiger partial charge < -0.3 is 0 Å². The van der Waals surface area contributed by atoms with Crippen molar-refractivity contribution in [1.82, 2.24) is 0 Å². The Kier molecular flexibility index (Phi) is 3.60. The van der Waals surface area contributed by atoms with Crippen LogP contribution in [0, 0.1) is 18.8 Å². The molecule has 0 spiro atoms. The highest BCUT2D eigenvalue weighted by Crippen LogP contribution is 2.08. The number of benzene rings is 1. The Bertz CT molecular complexity index is 371. The second kappa shape index (κ2) is 4.74. The number of carbonyl (C=O) groups is 1. The van der Waals surface area contributed by atoms with Crippen molar-refractivity contribution in [2.75, 3.05) is 5.75 Å². The van der Waals surface area contributed by atoms with E-state index < -0.39 is 0 Å². The summed E-state index contributed by atoms with van der Waals surface area (Å²) in [6.45, 7) is 1.95. The van der Waals surface area contributed by atoms with E-state index in [1.54, 1.807) is 0 Å². The monoisotopic (exact) mass is 190 g/mol. The molecule has 66 valence electrons. The number of aryl methyl sites for hydroxylation is 1. The highest BCUT2D eigenvalue weighted by Gasteiger charge is 1.97. The minimum atomic E-state index is 0.506. The maximum absolute atomic E-state index is 10.7. The van der Waals surface area contributed by atoms with Gasteiger partial charge in [0.25, 0.3) is 0 Å². The average Bonchev–Trinajstić information content (AvgIpc) is 2.16. The van der Waals surface area contributed by atoms with Crippen molar-refractivity contribution in [3.63, 3.8) is 0 Å². The van der Waals surface area contributed by atoms with Crippen LogP contribution in [0.15, 0.2) is 18.2 Å². The summed E-state index contributed by atoms with van der Waals surface area (Å²) in [6, 6.07) is 5.63. The zero-order valence-electron chi connectivity index (χ0n) is 7.37. The van der Waals surface area contributed by atoms with E-state index in [-0.39, 0.29) is 0 Å². The molecule has 0 unspecified atom stereocenters. The molecule has 0 radical (unpaired) electrons. The standard InChI is InChI=1S/C11H10OS/c1-9-4-5-10(3-2-6-13)11(7-9)8-12/h4-5,7-8,13H,6H2,1H3. The number of carbonyl (C=O) groups excluding carboxylic acids is 1. The van der Waals surface area contributed by atoms with Gasteiger partial charge in [-0.05, 0) is 19.1 Å². The molecule has 0 N–H and O–H groups in total. The van der Waals surface area contributed by atoms with E-state index in [2.05, 4.69) is 24.5 Å². The molecule has 0 amide bonds. The largest absolute Gasteiger partial charge is 0.298 e. The molecule has 13 heavy (non-hydrogen) atoms. The topological polar surface area (TPSA) is 17.1 Å². The smallest absolute Gasteiger partial charge is 0.151 e. The van der Waals surface area contributed by atoms with Crippen LogP contribution in [0.25, 0.3) is 0 Å². The Morgan fingerprint density at radius 1 is 1.54 bits per heavy atom. The first-order valence-electron chi connectivity index (χ1n) is 3.93. The van der Waals surface area contributed by atoms with Gasteiger partial charge in [0.15, 0.2) is 6.29 Å². The number of hydrogen-bond acceptors (Lipinski definition) is 2. The van der Waals surface area contributed by atoms with Gasteiger partial charge in [-0.25, -0.2) is 0 Å². The van der Waals surface area contributed by atoms with Crippen LogP contribution < -0.4 is 0 Å². The average molecular weight is 190 g/mol. The van der Waals surface area contributed by atoms with Gasteiger partial charge in [0.1, 0.15) is 0 Å². The highest BCUT2D eigenvalue weighted by atomic mass is 32.1. The third-order valence-electron chi connectivity index (χ3n) is 1.64. The first-order chi connectivity index (χ1) is 6.27. The predicted octanol–water partition coefficient (Wildman–Crippen LogP) is 2.09. The Labute approximate surface area is 83.6 Å². The van der Waals surface area contributed by atoms with Gasteiger partial charge in [-0.1, -0.05) is 23.5 Å². The third-order valence-corrected chi connectivity index (χ3v) is 1.79. The molecule has 0 aromatic heterocycles. The van der Waals surface area contributed by atoms with Gasteiger partial charge in [0.2, 0.25) is 0 Å². The molecule has 0 saturated carbocycles. The maximum Gasteiger partial charge on any atom is 0.151 e. The summed E-state index contributed by atoms with van der Waals surface area (Å²) in [7, 11) is 0. The molecular formula is C11H10OS. The molecule has 0 aliphatic heterocycles. The SMILES string of the molecule is Cc1ccc(C#CCS)c(C=O)c1. The Hall–Kier alpha value is -1.20. The van der Waals surface area contributed by atoms with Gasteiger partial charge in [-0.3, -0.25) is 4.79 Å². The summed E-state index contributed by atoms with van der Waals surface area (Å²) in [4.78, 5) is 10.7. The summed E-state index contributed by atoms with van der Waals surface area (Å²) in [6.07, 6.45) is 0.829. The lowest BCUT2D eigenvalue weighted by Crippen LogP contribution is -1.88. The number of thiol groups is 1. The summed E-state index contributed by atoms with van der Waals surface area (Å²) >= 11 is 3.97. The lowest BCUT2D eigenvalue weighted by atomic mass is 10.1. The molecule has 2 heteroatoms. The zero-order chi connectivity index (χ0) is 9.68. The summed E-state index contributed by atoms with van der Waals surface area (Å²) in [5, 5.41) is 0. The van der Waals surface area contributed by atoms with E-state index in [1.165, 1.54) is 0 Å². The van der Waals surface area contributed by atoms with Crippen molar-refractivity contribution >= 4 is 18.9 Å². The minimum Gasteiger partial charge on any atom is -0.298 e. The second-order valence-electron chi connectivity index (χ2n) is 2.67. The van der Waals surface area contributed by atoms with Crippen LogP contribution in [0.4, 0.5) is 0 Å². The van der Waals surface area contributed by atoms with E-state index in [1.807, 2.05) is 25.1 Å². The highest BCUT2D eigenvalue weighted by molar-refractivity contribution is 7.80. The molecule has 0 bridgehead atoms. The molecule has 1 nitrogen and oxygen atoms in total. The molecule has 0 aliphatic rings. The molecule has 0 fully saturated rings. The summed E-state index contributed by atoms with van der Waals surface area (Å²) < 4.78 is 0. The van der Waals surface area contributed by atoms with Crippen LogP contribution >= 0.6 is 12.6 Å². The van der Waals surface area contributed by atoms with Gasteiger partial charge >= 0.3 is 0 Å². The number of hydrogen-bond donors (Lipinski definition) is 1.